The highest BCUT2D eigenvalue weighted by Crippen LogP contribution is 2.15. The quantitative estimate of drug-likeness (QED) is 0.612. The van der Waals surface area contributed by atoms with Crippen molar-refractivity contribution in [3.05, 3.63) is 23.2 Å². The van der Waals surface area contributed by atoms with Gasteiger partial charge in [0.2, 0.25) is 0 Å². The summed E-state index contributed by atoms with van der Waals surface area (Å²) in [5, 5.41) is 8.98. The molecule has 0 saturated heterocycles. The van der Waals surface area contributed by atoms with E-state index in [1.165, 1.54) is 23.5 Å². The van der Waals surface area contributed by atoms with E-state index >= 15 is 0 Å². The first kappa shape index (κ1) is 9.78. The summed E-state index contributed by atoms with van der Waals surface area (Å²) in [7, 11) is 0. The van der Waals surface area contributed by atoms with Gasteiger partial charge in [-0.05, 0) is 12.5 Å². The molecular formula is C6H10N2S2. The smallest absolute Gasteiger partial charge is 0.111 e. The Hall–Kier alpha value is -0.220. The normalized spacial score (nSPS) is 10.2. The number of hydrogen-bond donors (Lipinski definition) is 0. The fourth-order valence-electron chi connectivity index (χ4n) is 0.193. The van der Waals surface area contributed by atoms with E-state index in [1.54, 1.807) is 0 Å². The zero-order chi connectivity index (χ0) is 7.98. The van der Waals surface area contributed by atoms with Crippen LogP contribution in [0.5, 0.6) is 0 Å². The lowest BCUT2D eigenvalue weighted by Gasteiger charge is -1.90. The molecule has 0 aromatic rings. The maximum absolute atomic E-state index is 3.79. The van der Waals surface area contributed by atoms with Gasteiger partial charge in [-0.3, -0.25) is 0 Å². The molecule has 0 unspecified atom stereocenters. The number of hydrogen-bond acceptors (Lipinski definition) is 4. The first-order chi connectivity index (χ1) is 4.70. The SMILES string of the molecule is C=C(/N=N\C(=C)SC)SC. The topological polar surface area (TPSA) is 24.7 Å². The Bertz CT molecular complexity index is 145. The standard InChI is InChI=1S/C6H10N2S2/c1-5(9-3)7-8-6(2)10-4/h1-2H2,3-4H3/b8-7-. The van der Waals surface area contributed by atoms with Gasteiger partial charge in [-0.1, -0.05) is 13.2 Å². The van der Waals surface area contributed by atoms with Crippen molar-refractivity contribution in [1.29, 1.82) is 0 Å². The van der Waals surface area contributed by atoms with Crippen molar-refractivity contribution >= 4 is 23.5 Å². The minimum atomic E-state index is 0.704. The predicted octanol–water partition coefficient (Wildman–Crippen LogP) is 3.11. The molecule has 4 heteroatoms. The van der Waals surface area contributed by atoms with E-state index in [4.69, 9.17) is 0 Å². The molecule has 0 bridgehead atoms. The molecule has 0 amide bonds. The van der Waals surface area contributed by atoms with Crippen LogP contribution < -0.4 is 0 Å². The van der Waals surface area contributed by atoms with Gasteiger partial charge in [-0.2, -0.15) is 0 Å². The molecule has 0 saturated carbocycles. The molecule has 2 nitrogen and oxygen atoms in total. The monoisotopic (exact) mass is 174 g/mol. The Morgan fingerprint density at radius 3 is 1.50 bits per heavy atom. The van der Waals surface area contributed by atoms with Gasteiger partial charge in [0, 0.05) is 0 Å². The average molecular weight is 174 g/mol. The number of azo groups is 1. The third-order valence-corrected chi connectivity index (χ3v) is 1.85. The van der Waals surface area contributed by atoms with Crippen LogP contribution in [-0.4, -0.2) is 12.5 Å². The second kappa shape index (κ2) is 5.56. The molecule has 0 radical (unpaired) electrons. The van der Waals surface area contributed by atoms with E-state index in [2.05, 4.69) is 23.4 Å². The third-order valence-electron chi connectivity index (χ3n) is 0.744. The summed E-state index contributed by atoms with van der Waals surface area (Å²) in [6, 6.07) is 0. The zero-order valence-corrected chi connectivity index (χ0v) is 7.76. The first-order valence-corrected chi connectivity index (χ1v) is 5.03. The van der Waals surface area contributed by atoms with Crippen LogP contribution in [0.25, 0.3) is 0 Å². The van der Waals surface area contributed by atoms with E-state index in [9.17, 15) is 0 Å². The van der Waals surface area contributed by atoms with Gasteiger partial charge in [0.1, 0.15) is 10.1 Å². The maximum Gasteiger partial charge on any atom is 0.111 e. The first-order valence-electron chi connectivity index (χ1n) is 2.58. The van der Waals surface area contributed by atoms with Gasteiger partial charge in [-0.25, -0.2) is 0 Å². The summed E-state index contributed by atoms with van der Waals surface area (Å²) >= 11 is 2.94. The maximum atomic E-state index is 3.79. The lowest BCUT2D eigenvalue weighted by atomic mass is 11.0. The van der Waals surface area contributed by atoms with Crippen LogP contribution >= 0.6 is 23.5 Å². The molecule has 0 aliphatic rings. The highest BCUT2D eigenvalue weighted by Gasteiger charge is 1.86. The molecule has 0 aliphatic heterocycles. The highest BCUT2D eigenvalue weighted by molar-refractivity contribution is 8.02. The van der Waals surface area contributed by atoms with Crippen molar-refractivity contribution < 1.29 is 0 Å². The van der Waals surface area contributed by atoms with E-state index in [-0.39, 0.29) is 0 Å². The van der Waals surface area contributed by atoms with Gasteiger partial charge in [-0.15, -0.1) is 33.8 Å². The Morgan fingerprint density at radius 2 is 1.30 bits per heavy atom. The van der Waals surface area contributed by atoms with Crippen LogP contribution in [0.4, 0.5) is 0 Å². The summed E-state index contributed by atoms with van der Waals surface area (Å²) in [5.74, 6) is 0. The second-order valence-electron chi connectivity index (χ2n) is 1.40. The predicted molar refractivity (Wildman–Crippen MR) is 50.2 cm³/mol. The molecular weight excluding hydrogens is 164 g/mol. The highest BCUT2D eigenvalue weighted by atomic mass is 32.2. The zero-order valence-electron chi connectivity index (χ0n) is 6.13. The fourth-order valence-corrected chi connectivity index (χ4v) is 0.438. The molecule has 0 atom stereocenters. The largest absolute Gasteiger partial charge is 0.144 e. The van der Waals surface area contributed by atoms with Gasteiger partial charge in [0.25, 0.3) is 0 Å². The summed E-state index contributed by atoms with van der Waals surface area (Å²) in [5.41, 5.74) is 0. The summed E-state index contributed by atoms with van der Waals surface area (Å²) in [6.07, 6.45) is 3.81. The third kappa shape index (κ3) is 4.64. The van der Waals surface area contributed by atoms with Crippen LogP contribution in [0, 0.1) is 0 Å². The van der Waals surface area contributed by atoms with Gasteiger partial charge in [0.05, 0.1) is 0 Å². The number of thioether (sulfide) groups is 2. The van der Waals surface area contributed by atoms with E-state index in [1.807, 2.05) is 12.5 Å². The Balaban J connectivity index is 3.75. The molecule has 0 aromatic carbocycles. The van der Waals surface area contributed by atoms with Crippen molar-refractivity contribution in [3.8, 4) is 0 Å². The molecule has 0 spiro atoms. The molecule has 0 heterocycles. The molecule has 0 aliphatic carbocycles. The lowest BCUT2D eigenvalue weighted by molar-refractivity contribution is 1.20. The van der Waals surface area contributed by atoms with Crippen molar-refractivity contribution in [2.75, 3.05) is 12.5 Å². The summed E-state index contributed by atoms with van der Waals surface area (Å²) in [6.45, 7) is 7.26. The summed E-state index contributed by atoms with van der Waals surface area (Å²) in [4.78, 5) is 0. The molecule has 56 valence electrons. The van der Waals surface area contributed by atoms with E-state index < -0.39 is 0 Å². The van der Waals surface area contributed by atoms with Crippen molar-refractivity contribution in [2.24, 2.45) is 10.2 Å². The molecule has 0 aromatic heterocycles. The second-order valence-corrected chi connectivity index (χ2v) is 3.15. The van der Waals surface area contributed by atoms with Gasteiger partial charge < -0.3 is 0 Å². The van der Waals surface area contributed by atoms with Crippen LogP contribution in [0.2, 0.25) is 0 Å². The van der Waals surface area contributed by atoms with E-state index in [0.29, 0.717) is 10.1 Å². The van der Waals surface area contributed by atoms with Crippen molar-refractivity contribution in [1.82, 2.24) is 0 Å². The Labute approximate surface area is 69.9 Å². The number of nitrogens with zero attached hydrogens (tertiary/aromatic N) is 2. The van der Waals surface area contributed by atoms with Crippen molar-refractivity contribution in [3.63, 3.8) is 0 Å². The minimum Gasteiger partial charge on any atom is -0.144 e. The number of rotatable bonds is 4. The molecule has 0 rings (SSSR count). The minimum absolute atomic E-state index is 0.704. The summed E-state index contributed by atoms with van der Waals surface area (Å²) < 4.78 is 0. The Morgan fingerprint density at radius 1 is 1.00 bits per heavy atom. The average Bonchev–Trinajstić information content (AvgIpc) is 1.99. The van der Waals surface area contributed by atoms with Crippen LogP contribution in [0.15, 0.2) is 33.4 Å². The molecule has 0 N–H and O–H groups in total. The van der Waals surface area contributed by atoms with Gasteiger partial charge >= 0.3 is 0 Å². The lowest BCUT2D eigenvalue weighted by Crippen LogP contribution is -1.64. The fraction of sp³-hybridized carbons (Fsp3) is 0.333. The van der Waals surface area contributed by atoms with Crippen LogP contribution in [-0.2, 0) is 0 Å². The van der Waals surface area contributed by atoms with Gasteiger partial charge in [0.15, 0.2) is 0 Å². The van der Waals surface area contributed by atoms with Crippen LogP contribution in [0.1, 0.15) is 0 Å². The van der Waals surface area contributed by atoms with E-state index in [0.717, 1.165) is 0 Å². The molecule has 0 fully saturated rings. The Kier molecular flexibility index (Phi) is 5.43. The van der Waals surface area contributed by atoms with Crippen LogP contribution in [0.3, 0.4) is 0 Å². The van der Waals surface area contributed by atoms with Crippen molar-refractivity contribution in [2.45, 2.75) is 0 Å². The molecule has 10 heavy (non-hydrogen) atoms.